The zero-order valence-corrected chi connectivity index (χ0v) is 13.8. The van der Waals surface area contributed by atoms with Gasteiger partial charge < -0.3 is 5.32 Å². The highest BCUT2D eigenvalue weighted by atomic mass is 19.3. The number of piperidine rings is 1. The number of rotatable bonds is 6. The van der Waals surface area contributed by atoms with Crippen LogP contribution in [0.25, 0.3) is 11.1 Å². The molecule has 2 aromatic rings. The molecule has 1 aliphatic rings. The molecule has 1 fully saturated rings. The molecule has 0 saturated carbocycles. The van der Waals surface area contributed by atoms with Gasteiger partial charge in [-0.15, -0.1) is 0 Å². The van der Waals surface area contributed by atoms with Crippen molar-refractivity contribution in [2.45, 2.75) is 31.9 Å². The number of nitrogens with one attached hydrogen (secondary N) is 1. The summed E-state index contributed by atoms with van der Waals surface area (Å²) in [6.07, 6.45) is -0.355. The van der Waals surface area contributed by atoms with Crippen molar-refractivity contribution in [1.29, 1.82) is 0 Å². The molecule has 2 nitrogen and oxygen atoms in total. The lowest BCUT2D eigenvalue weighted by atomic mass is 10.0. The van der Waals surface area contributed by atoms with Gasteiger partial charge in [0.1, 0.15) is 0 Å². The normalized spacial score (nSPS) is 16.6. The third-order valence-corrected chi connectivity index (χ3v) is 4.61. The van der Waals surface area contributed by atoms with Gasteiger partial charge in [-0.2, -0.15) is 0 Å². The number of benzene rings is 2. The van der Waals surface area contributed by atoms with Crippen LogP contribution in [0.5, 0.6) is 0 Å². The molecule has 128 valence electrons. The highest BCUT2D eigenvalue weighted by molar-refractivity contribution is 5.63. The molecule has 0 aromatic heterocycles. The van der Waals surface area contributed by atoms with Gasteiger partial charge in [-0.25, -0.2) is 8.78 Å². The fourth-order valence-corrected chi connectivity index (χ4v) is 3.27. The van der Waals surface area contributed by atoms with Crippen LogP contribution < -0.4 is 5.32 Å². The maximum Gasteiger partial charge on any atom is 0.251 e. The van der Waals surface area contributed by atoms with E-state index in [9.17, 15) is 8.78 Å². The van der Waals surface area contributed by atoms with Gasteiger partial charge in [-0.05, 0) is 48.7 Å². The average Bonchev–Trinajstić information content (AvgIpc) is 2.62. The predicted molar refractivity (Wildman–Crippen MR) is 94.2 cm³/mol. The third-order valence-electron chi connectivity index (χ3n) is 4.61. The summed E-state index contributed by atoms with van der Waals surface area (Å²) in [6, 6.07) is 19.3. The summed E-state index contributed by atoms with van der Waals surface area (Å²) in [7, 11) is 0. The SMILES string of the molecule is FC(F)CN1CCC(NCc2cccc(-c3ccccc3)c2)CC1. The summed E-state index contributed by atoms with van der Waals surface area (Å²) in [5.74, 6) is 0. The Morgan fingerprint density at radius 2 is 1.67 bits per heavy atom. The summed E-state index contributed by atoms with van der Waals surface area (Å²) < 4.78 is 24.8. The van der Waals surface area contributed by atoms with Crippen molar-refractivity contribution in [2.75, 3.05) is 19.6 Å². The fraction of sp³-hybridized carbons (Fsp3) is 0.400. The van der Waals surface area contributed by atoms with E-state index >= 15 is 0 Å². The maximum absolute atomic E-state index is 12.4. The van der Waals surface area contributed by atoms with Crippen LogP contribution in [0.15, 0.2) is 54.6 Å². The molecule has 3 rings (SSSR count). The van der Waals surface area contributed by atoms with E-state index in [-0.39, 0.29) is 6.54 Å². The van der Waals surface area contributed by atoms with Crippen molar-refractivity contribution < 1.29 is 8.78 Å². The summed E-state index contributed by atoms with van der Waals surface area (Å²) in [5, 5.41) is 3.58. The van der Waals surface area contributed by atoms with Crippen LogP contribution in [-0.2, 0) is 6.54 Å². The van der Waals surface area contributed by atoms with E-state index in [0.717, 1.165) is 32.5 Å². The first-order valence-corrected chi connectivity index (χ1v) is 8.59. The van der Waals surface area contributed by atoms with E-state index in [4.69, 9.17) is 0 Å². The number of hydrogen-bond donors (Lipinski definition) is 1. The Kier molecular flexibility index (Phi) is 5.94. The average molecular weight is 330 g/mol. The van der Waals surface area contributed by atoms with E-state index in [1.54, 1.807) is 0 Å². The Morgan fingerprint density at radius 1 is 0.958 bits per heavy atom. The van der Waals surface area contributed by atoms with Gasteiger partial charge in [0, 0.05) is 12.6 Å². The van der Waals surface area contributed by atoms with Gasteiger partial charge >= 0.3 is 0 Å². The molecule has 0 radical (unpaired) electrons. The first kappa shape index (κ1) is 17.1. The topological polar surface area (TPSA) is 15.3 Å². The predicted octanol–water partition coefficient (Wildman–Crippen LogP) is 4.17. The van der Waals surface area contributed by atoms with E-state index in [0.29, 0.717) is 6.04 Å². The molecule has 4 heteroatoms. The second kappa shape index (κ2) is 8.36. The zero-order chi connectivity index (χ0) is 16.8. The molecule has 1 heterocycles. The zero-order valence-electron chi connectivity index (χ0n) is 13.8. The minimum absolute atomic E-state index is 0.0914. The summed E-state index contributed by atoms with van der Waals surface area (Å²) >= 11 is 0. The van der Waals surface area contributed by atoms with Crippen molar-refractivity contribution in [3.05, 3.63) is 60.2 Å². The van der Waals surface area contributed by atoms with Crippen LogP contribution >= 0.6 is 0 Å². The summed E-state index contributed by atoms with van der Waals surface area (Å²) in [4.78, 5) is 1.86. The summed E-state index contributed by atoms with van der Waals surface area (Å²) in [5.41, 5.74) is 3.70. The van der Waals surface area contributed by atoms with E-state index in [1.165, 1.54) is 16.7 Å². The van der Waals surface area contributed by atoms with Crippen LogP contribution in [-0.4, -0.2) is 37.0 Å². The molecular weight excluding hydrogens is 306 g/mol. The molecule has 1 N–H and O–H groups in total. The number of halogens is 2. The van der Waals surface area contributed by atoms with Crippen molar-refractivity contribution in [1.82, 2.24) is 10.2 Å². The molecular formula is C20H24F2N2. The lowest BCUT2D eigenvalue weighted by molar-refractivity contribution is 0.0730. The first-order valence-electron chi connectivity index (χ1n) is 8.59. The number of alkyl halides is 2. The molecule has 1 saturated heterocycles. The monoisotopic (exact) mass is 330 g/mol. The van der Waals surface area contributed by atoms with Gasteiger partial charge in [-0.1, -0.05) is 48.5 Å². The van der Waals surface area contributed by atoms with E-state index in [1.807, 2.05) is 23.1 Å². The van der Waals surface area contributed by atoms with Crippen molar-refractivity contribution in [3.63, 3.8) is 0 Å². The van der Waals surface area contributed by atoms with Crippen LogP contribution in [0.2, 0.25) is 0 Å². The third kappa shape index (κ3) is 4.86. The number of hydrogen-bond acceptors (Lipinski definition) is 2. The lowest BCUT2D eigenvalue weighted by Crippen LogP contribution is -2.43. The van der Waals surface area contributed by atoms with E-state index < -0.39 is 6.43 Å². The highest BCUT2D eigenvalue weighted by Crippen LogP contribution is 2.20. The number of likely N-dealkylation sites (tertiary alicyclic amines) is 1. The molecule has 1 aliphatic heterocycles. The Labute approximate surface area is 142 Å². The molecule has 0 aliphatic carbocycles. The minimum Gasteiger partial charge on any atom is -0.310 e. The van der Waals surface area contributed by atoms with Crippen LogP contribution in [0.3, 0.4) is 0 Å². The number of nitrogens with zero attached hydrogens (tertiary/aromatic N) is 1. The first-order chi connectivity index (χ1) is 11.7. The molecule has 0 bridgehead atoms. The maximum atomic E-state index is 12.4. The van der Waals surface area contributed by atoms with Gasteiger partial charge in [0.25, 0.3) is 6.43 Å². The van der Waals surface area contributed by atoms with Gasteiger partial charge in [0.15, 0.2) is 0 Å². The minimum atomic E-state index is -2.23. The second-order valence-corrected chi connectivity index (χ2v) is 6.41. The molecule has 0 spiro atoms. The Bertz CT molecular complexity index is 623. The van der Waals surface area contributed by atoms with Crippen LogP contribution in [0, 0.1) is 0 Å². The summed E-state index contributed by atoms with van der Waals surface area (Å²) in [6.45, 7) is 2.24. The van der Waals surface area contributed by atoms with Gasteiger partial charge in [0.2, 0.25) is 0 Å². The second-order valence-electron chi connectivity index (χ2n) is 6.41. The Balaban J connectivity index is 1.51. The fourth-order valence-electron chi connectivity index (χ4n) is 3.27. The van der Waals surface area contributed by atoms with Crippen molar-refractivity contribution >= 4 is 0 Å². The van der Waals surface area contributed by atoms with E-state index in [2.05, 4.69) is 41.7 Å². The van der Waals surface area contributed by atoms with Crippen LogP contribution in [0.1, 0.15) is 18.4 Å². The lowest BCUT2D eigenvalue weighted by Gasteiger charge is -2.32. The Hall–Kier alpha value is -1.78. The van der Waals surface area contributed by atoms with Crippen molar-refractivity contribution in [3.8, 4) is 11.1 Å². The van der Waals surface area contributed by atoms with Gasteiger partial charge in [0.05, 0.1) is 6.54 Å². The van der Waals surface area contributed by atoms with Crippen LogP contribution in [0.4, 0.5) is 8.78 Å². The Morgan fingerprint density at radius 3 is 2.38 bits per heavy atom. The molecule has 0 atom stereocenters. The molecule has 0 amide bonds. The van der Waals surface area contributed by atoms with Gasteiger partial charge in [-0.3, -0.25) is 4.90 Å². The largest absolute Gasteiger partial charge is 0.310 e. The standard InChI is InChI=1S/C20H24F2N2/c21-20(22)15-24-11-9-19(10-12-24)23-14-16-5-4-8-18(13-16)17-6-2-1-3-7-17/h1-8,13,19-20,23H,9-12,14-15H2. The molecule has 24 heavy (non-hydrogen) atoms. The van der Waals surface area contributed by atoms with Crippen molar-refractivity contribution in [2.24, 2.45) is 0 Å². The molecule has 0 unspecified atom stereocenters. The highest BCUT2D eigenvalue weighted by Gasteiger charge is 2.20. The smallest absolute Gasteiger partial charge is 0.251 e. The quantitative estimate of drug-likeness (QED) is 0.855. The molecule has 2 aromatic carbocycles.